The zero-order valence-corrected chi connectivity index (χ0v) is 12.9. The summed E-state index contributed by atoms with van der Waals surface area (Å²) in [6.45, 7) is 1.58. The Hall–Kier alpha value is -1.21. The van der Waals surface area contributed by atoms with E-state index in [1.165, 1.54) is 0 Å². The zero-order valence-electron chi connectivity index (χ0n) is 11.3. The van der Waals surface area contributed by atoms with Crippen molar-refractivity contribution in [2.45, 2.75) is 6.04 Å². The van der Waals surface area contributed by atoms with Crippen LogP contribution >= 0.6 is 22.7 Å². The van der Waals surface area contributed by atoms with Crippen LogP contribution in [0.4, 0.5) is 0 Å². The summed E-state index contributed by atoms with van der Waals surface area (Å²) >= 11 is 3.31. The van der Waals surface area contributed by atoms with Crippen LogP contribution in [-0.2, 0) is 9.53 Å². The molecule has 0 bridgehead atoms. The van der Waals surface area contributed by atoms with Gasteiger partial charge in [-0.05, 0) is 22.9 Å². The molecule has 0 saturated heterocycles. The molecular weight excluding hydrogens is 292 g/mol. The molecule has 0 atom stereocenters. The zero-order chi connectivity index (χ0) is 14.2. The maximum atomic E-state index is 12.0. The molecule has 0 radical (unpaired) electrons. The monoisotopic (exact) mass is 310 g/mol. The molecule has 0 unspecified atom stereocenters. The molecular formula is C14H18N2O2S2. The predicted molar refractivity (Wildman–Crippen MR) is 83.4 cm³/mol. The smallest absolute Gasteiger partial charge is 0.234 e. The average molecular weight is 310 g/mol. The first kappa shape index (κ1) is 15.2. The topological polar surface area (TPSA) is 50.4 Å². The molecule has 2 aromatic rings. The summed E-state index contributed by atoms with van der Waals surface area (Å²) in [6.07, 6.45) is 0. The van der Waals surface area contributed by atoms with Crippen molar-refractivity contribution in [2.75, 3.05) is 26.8 Å². The van der Waals surface area contributed by atoms with Gasteiger partial charge in [0.1, 0.15) is 0 Å². The minimum Gasteiger partial charge on any atom is -0.383 e. The van der Waals surface area contributed by atoms with Crippen molar-refractivity contribution in [2.24, 2.45) is 0 Å². The van der Waals surface area contributed by atoms with Crippen molar-refractivity contribution in [3.63, 3.8) is 0 Å². The van der Waals surface area contributed by atoms with Crippen molar-refractivity contribution in [3.05, 3.63) is 44.8 Å². The summed E-state index contributed by atoms with van der Waals surface area (Å²) in [7, 11) is 1.64. The van der Waals surface area contributed by atoms with E-state index in [-0.39, 0.29) is 11.9 Å². The number of thiophene rings is 2. The highest BCUT2D eigenvalue weighted by Crippen LogP contribution is 2.28. The number of rotatable bonds is 8. The molecule has 0 aliphatic heterocycles. The quantitative estimate of drug-likeness (QED) is 0.735. The van der Waals surface area contributed by atoms with E-state index >= 15 is 0 Å². The molecule has 2 N–H and O–H groups in total. The fraction of sp³-hybridized carbons (Fsp3) is 0.357. The van der Waals surface area contributed by atoms with Crippen LogP contribution in [0.2, 0.25) is 0 Å². The maximum absolute atomic E-state index is 12.0. The lowest BCUT2D eigenvalue weighted by molar-refractivity contribution is -0.120. The van der Waals surface area contributed by atoms with Gasteiger partial charge in [0, 0.05) is 23.4 Å². The van der Waals surface area contributed by atoms with E-state index in [2.05, 4.69) is 10.6 Å². The van der Waals surface area contributed by atoms with Crippen molar-refractivity contribution in [1.82, 2.24) is 10.6 Å². The fourth-order valence-corrected chi connectivity index (χ4v) is 3.44. The highest BCUT2D eigenvalue weighted by atomic mass is 32.1. The SMILES string of the molecule is COCCNCC(=O)NC(c1cccs1)c1cccs1. The second-order valence-electron chi connectivity index (χ2n) is 4.20. The number of hydrogen-bond acceptors (Lipinski definition) is 5. The summed E-state index contributed by atoms with van der Waals surface area (Å²) in [6, 6.07) is 8.06. The van der Waals surface area contributed by atoms with Gasteiger partial charge in [-0.3, -0.25) is 4.79 Å². The normalized spacial score (nSPS) is 10.9. The first-order chi connectivity index (χ1) is 9.81. The molecule has 0 aromatic carbocycles. The largest absolute Gasteiger partial charge is 0.383 e. The van der Waals surface area contributed by atoms with Crippen LogP contribution in [0.5, 0.6) is 0 Å². The molecule has 2 heterocycles. The Balaban J connectivity index is 1.93. The van der Waals surface area contributed by atoms with Gasteiger partial charge in [-0.2, -0.15) is 0 Å². The third-order valence-electron chi connectivity index (χ3n) is 2.73. The first-order valence-electron chi connectivity index (χ1n) is 6.37. The molecule has 108 valence electrons. The first-order valence-corrected chi connectivity index (χ1v) is 8.13. The van der Waals surface area contributed by atoms with Gasteiger partial charge < -0.3 is 15.4 Å². The van der Waals surface area contributed by atoms with Crippen LogP contribution in [0.1, 0.15) is 15.8 Å². The van der Waals surface area contributed by atoms with Crippen LogP contribution < -0.4 is 10.6 Å². The molecule has 2 aromatic heterocycles. The maximum Gasteiger partial charge on any atom is 0.234 e. The lowest BCUT2D eigenvalue weighted by atomic mass is 10.2. The Morgan fingerprint density at radius 1 is 1.25 bits per heavy atom. The van der Waals surface area contributed by atoms with Gasteiger partial charge in [0.25, 0.3) is 0 Å². The molecule has 0 aliphatic carbocycles. The van der Waals surface area contributed by atoms with Gasteiger partial charge in [0.2, 0.25) is 5.91 Å². The number of amides is 1. The van der Waals surface area contributed by atoms with E-state index in [0.717, 1.165) is 9.75 Å². The second-order valence-corrected chi connectivity index (χ2v) is 6.16. The van der Waals surface area contributed by atoms with Crippen LogP contribution in [-0.4, -0.2) is 32.7 Å². The van der Waals surface area contributed by atoms with Crippen LogP contribution in [0.25, 0.3) is 0 Å². The number of methoxy groups -OCH3 is 1. The highest BCUT2D eigenvalue weighted by molar-refractivity contribution is 7.11. The minimum atomic E-state index is -0.0493. The van der Waals surface area contributed by atoms with E-state index in [1.54, 1.807) is 29.8 Å². The number of carbonyl (C=O) groups excluding carboxylic acids is 1. The molecule has 0 fully saturated rings. The van der Waals surface area contributed by atoms with E-state index in [1.807, 2.05) is 35.0 Å². The molecule has 1 amide bonds. The van der Waals surface area contributed by atoms with E-state index in [9.17, 15) is 4.79 Å². The lowest BCUT2D eigenvalue weighted by Gasteiger charge is -2.16. The highest BCUT2D eigenvalue weighted by Gasteiger charge is 2.18. The summed E-state index contributed by atoms with van der Waals surface area (Å²) < 4.78 is 4.93. The molecule has 20 heavy (non-hydrogen) atoms. The Morgan fingerprint density at radius 3 is 2.40 bits per heavy atom. The van der Waals surface area contributed by atoms with Crippen molar-refractivity contribution < 1.29 is 9.53 Å². The van der Waals surface area contributed by atoms with Crippen LogP contribution in [0.3, 0.4) is 0 Å². The Morgan fingerprint density at radius 2 is 1.90 bits per heavy atom. The predicted octanol–water partition coefficient (Wildman–Crippen LogP) is 2.25. The van der Waals surface area contributed by atoms with Gasteiger partial charge in [-0.1, -0.05) is 12.1 Å². The Kier molecular flexibility index (Phi) is 6.20. The minimum absolute atomic E-state index is 0.00657. The van der Waals surface area contributed by atoms with Gasteiger partial charge in [0.05, 0.1) is 19.2 Å². The van der Waals surface area contributed by atoms with Crippen LogP contribution in [0, 0.1) is 0 Å². The van der Waals surface area contributed by atoms with Crippen molar-refractivity contribution in [3.8, 4) is 0 Å². The number of nitrogens with one attached hydrogen (secondary N) is 2. The van der Waals surface area contributed by atoms with Gasteiger partial charge in [-0.25, -0.2) is 0 Å². The third-order valence-corrected chi connectivity index (χ3v) is 4.60. The van der Waals surface area contributed by atoms with Crippen molar-refractivity contribution in [1.29, 1.82) is 0 Å². The molecule has 0 saturated carbocycles. The fourth-order valence-electron chi connectivity index (χ4n) is 1.78. The van der Waals surface area contributed by atoms with Gasteiger partial charge in [0.15, 0.2) is 0 Å². The van der Waals surface area contributed by atoms with Gasteiger partial charge in [-0.15, -0.1) is 22.7 Å². The molecule has 0 aliphatic rings. The van der Waals surface area contributed by atoms with Crippen molar-refractivity contribution >= 4 is 28.6 Å². The number of hydrogen-bond donors (Lipinski definition) is 2. The molecule has 2 rings (SSSR count). The molecule has 4 nitrogen and oxygen atoms in total. The molecule has 6 heteroatoms. The second kappa shape index (κ2) is 8.16. The van der Waals surface area contributed by atoms with E-state index in [0.29, 0.717) is 19.7 Å². The summed E-state index contributed by atoms with van der Waals surface area (Å²) in [5.74, 6) is -0.00657. The average Bonchev–Trinajstić information content (AvgIpc) is 3.13. The number of carbonyl (C=O) groups is 1. The third kappa shape index (κ3) is 4.42. The Labute approximate surface area is 126 Å². The summed E-state index contributed by atoms with van der Waals surface area (Å²) in [4.78, 5) is 14.3. The van der Waals surface area contributed by atoms with E-state index in [4.69, 9.17) is 4.74 Å². The lowest BCUT2D eigenvalue weighted by Crippen LogP contribution is -2.37. The molecule has 0 spiro atoms. The standard InChI is InChI=1S/C14H18N2O2S2/c1-18-7-6-15-10-13(17)16-14(11-4-2-8-19-11)12-5-3-9-20-12/h2-5,8-9,14-15H,6-7,10H2,1H3,(H,16,17). The van der Waals surface area contributed by atoms with Crippen LogP contribution in [0.15, 0.2) is 35.0 Å². The number of ether oxygens (including phenoxy) is 1. The Bertz CT molecular complexity index is 463. The summed E-state index contributed by atoms with van der Waals surface area (Å²) in [5.41, 5.74) is 0. The summed E-state index contributed by atoms with van der Waals surface area (Å²) in [5, 5.41) is 10.2. The van der Waals surface area contributed by atoms with Gasteiger partial charge >= 0.3 is 0 Å². The van der Waals surface area contributed by atoms with E-state index < -0.39 is 0 Å².